The smallest absolute Gasteiger partial charge is 0.235 e. The van der Waals surface area contributed by atoms with Crippen LogP contribution in [0.3, 0.4) is 0 Å². The van der Waals surface area contributed by atoms with Gasteiger partial charge >= 0.3 is 0 Å². The lowest BCUT2D eigenvalue weighted by molar-refractivity contribution is -0.121. The van der Waals surface area contributed by atoms with Crippen LogP contribution in [0.5, 0.6) is 0 Å². The largest absolute Gasteiger partial charge is 0.351 e. The predicted molar refractivity (Wildman–Crippen MR) is 113 cm³/mol. The first-order chi connectivity index (χ1) is 13.2. The Hall–Kier alpha value is -2.18. The van der Waals surface area contributed by atoms with Gasteiger partial charge in [-0.25, -0.2) is 8.42 Å². The van der Waals surface area contributed by atoms with Gasteiger partial charge in [-0.05, 0) is 42.0 Å². The lowest BCUT2D eigenvalue weighted by Crippen LogP contribution is -2.39. The minimum absolute atomic E-state index is 0.179. The summed E-state index contributed by atoms with van der Waals surface area (Å²) in [5.41, 5.74) is 5.46. The Labute approximate surface area is 168 Å². The van der Waals surface area contributed by atoms with Crippen LogP contribution in [0.25, 0.3) is 0 Å². The number of benzene rings is 2. The fourth-order valence-electron chi connectivity index (χ4n) is 3.01. The molecule has 0 aliphatic heterocycles. The van der Waals surface area contributed by atoms with Gasteiger partial charge < -0.3 is 5.32 Å². The van der Waals surface area contributed by atoms with Crippen LogP contribution in [0.2, 0.25) is 0 Å². The second-order valence-corrected chi connectivity index (χ2v) is 9.09. The Kier molecular flexibility index (Phi) is 7.78. The van der Waals surface area contributed by atoms with Crippen LogP contribution < -0.4 is 5.32 Å². The van der Waals surface area contributed by atoms with Gasteiger partial charge in [0.1, 0.15) is 0 Å². The van der Waals surface area contributed by atoms with Crippen LogP contribution >= 0.6 is 0 Å². The van der Waals surface area contributed by atoms with Crippen molar-refractivity contribution in [3.05, 3.63) is 70.3 Å². The fraction of sp³-hybridized carbons (Fsp3) is 0.409. The third-order valence-corrected chi connectivity index (χ3v) is 6.00. The molecule has 2 aromatic rings. The van der Waals surface area contributed by atoms with Gasteiger partial charge in [0, 0.05) is 13.1 Å². The molecule has 0 heterocycles. The van der Waals surface area contributed by atoms with Crippen LogP contribution in [0, 0.1) is 6.92 Å². The molecule has 1 amide bonds. The molecular formula is C22H30N2O3S. The maximum atomic E-state index is 12.5. The normalized spacial score (nSPS) is 11.6. The molecule has 0 saturated carbocycles. The van der Waals surface area contributed by atoms with E-state index in [1.54, 1.807) is 0 Å². The maximum absolute atomic E-state index is 12.5. The Morgan fingerprint density at radius 2 is 1.61 bits per heavy atom. The van der Waals surface area contributed by atoms with Gasteiger partial charge in [-0.15, -0.1) is 0 Å². The van der Waals surface area contributed by atoms with Crippen molar-refractivity contribution in [2.45, 2.75) is 46.7 Å². The second-order valence-electron chi connectivity index (χ2n) is 7.10. The molecule has 2 rings (SSSR count). The molecule has 1 N–H and O–H groups in total. The van der Waals surface area contributed by atoms with E-state index in [4.69, 9.17) is 0 Å². The van der Waals surface area contributed by atoms with E-state index in [0.717, 1.165) is 35.8 Å². The zero-order valence-corrected chi connectivity index (χ0v) is 18.0. The van der Waals surface area contributed by atoms with Crippen LogP contribution in [-0.4, -0.2) is 31.4 Å². The molecule has 0 spiro atoms. The van der Waals surface area contributed by atoms with E-state index in [0.29, 0.717) is 6.54 Å². The van der Waals surface area contributed by atoms with E-state index >= 15 is 0 Å². The first-order valence-corrected chi connectivity index (χ1v) is 11.5. The summed E-state index contributed by atoms with van der Waals surface area (Å²) in [6, 6.07) is 14.0. The van der Waals surface area contributed by atoms with E-state index in [1.165, 1.54) is 15.4 Å². The summed E-state index contributed by atoms with van der Waals surface area (Å²) in [6.07, 6.45) is 2.95. The van der Waals surface area contributed by atoms with E-state index in [9.17, 15) is 13.2 Å². The number of carbonyl (C=O) groups excluding carboxylic acids is 1. The van der Waals surface area contributed by atoms with Gasteiger partial charge in [0.15, 0.2) is 0 Å². The van der Waals surface area contributed by atoms with E-state index in [2.05, 4.69) is 37.4 Å². The monoisotopic (exact) mass is 402 g/mol. The Morgan fingerprint density at radius 3 is 2.18 bits per heavy atom. The van der Waals surface area contributed by atoms with Crippen molar-refractivity contribution in [2.75, 3.05) is 12.8 Å². The number of rotatable bonds is 9. The summed E-state index contributed by atoms with van der Waals surface area (Å²) >= 11 is 0. The highest BCUT2D eigenvalue weighted by atomic mass is 32.2. The highest BCUT2D eigenvalue weighted by Gasteiger charge is 2.20. The Bertz CT molecular complexity index is 906. The minimum atomic E-state index is -3.50. The van der Waals surface area contributed by atoms with E-state index in [-0.39, 0.29) is 19.0 Å². The topological polar surface area (TPSA) is 66.5 Å². The van der Waals surface area contributed by atoms with Gasteiger partial charge in [0.2, 0.25) is 15.9 Å². The number of nitrogens with one attached hydrogen (secondary N) is 1. The molecule has 0 fully saturated rings. The lowest BCUT2D eigenvalue weighted by Gasteiger charge is -2.20. The van der Waals surface area contributed by atoms with Crippen molar-refractivity contribution < 1.29 is 13.2 Å². The minimum Gasteiger partial charge on any atom is -0.351 e. The fourth-order valence-corrected chi connectivity index (χ4v) is 3.74. The zero-order valence-electron chi connectivity index (χ0n) is 17.2. The Morgan fingerprint density at radius 1 is 0.964 bits per heavy atom. The molecule has 0 radical (unpaired) electrons. The van der Waals surface area contributed by atoms with Crippen LogP contribution in [0.15, 0.2) is 42.5 Å². The number of sulfonamides is 1. The summed E-state index contributed by atoms with van der Waals surface area (Å²) in [7, 11) is -3.50. The van der Waals surface area contributed by atoms with Crippen LogP contribution in [0.4, 0.5) is 0 Å². The summed E-state index contributed by atoms with van der Waals surface area (Å²) in [6.45, 7) is 6.54. The van der Waals surface area contributed by atoms with Gasteiger partial charge in [0.25, 0.3) is 0 Å². The molecule has 28 heavy (non-hydrogen) atoms. The zero-order chi connectivity index (χ0) is 20.7. The maximum Gasteiger partial charge on any atom is 0.235 e. The second kappa shape index (κ2) is 9.85. The number of nitrogens with zero attached hydrogens (tertiary/aromatic N) is 1. The summed E-state index contributed by atoms with van der Waals surface area (Å²) in [4.78, 5) is 12.5. The number of hydrogen-bond donors (Lipinski definition) is 1. The first-order valence-electron chi connectivity index (χ1n) is 9.61. The Balaban J connectivity index is 2.05. The highest BCUT2D eigenvalue weighted by molar-refractivity contribution is 7.88. The molecule has 0 unspecified atom stereocenters. The molecule has 0 atom stereocenters. The van der Waals surface area contributed by atoms with E-state index < -0.39 is 10.0 Å². The number of carbonyl (C=O) groups is 1. The van der Waals surface area contributed by atoms with Gasteiger partial charge in [0.05, 0.1) is 12.8 Å². The van der Waals surface area contributed by atoms with Gasteiger partial charge in [-0.3, -0.25) is 4.79 Å². The molecule has 152 valence electrons. The molecule has 0 saturated heterocycles. The third-order valence-electron chi connectivity index (χ3n) is 4.80. The quantitative estimate of drug-likeness (QED) is 0.700. The van der Waals surface area contributed by atoms with Crippen molar-refractivity contribution in [1.82, 2.24) is 9.62 Å². The average molecular weight is 403 g/mol. The summed E-state index contributed by atoms with van der Waals surface area (Å²) < 4.78 is 25.5. The lowest BCUT2D eigenvalue weighted by atomic mass is 10.0. The van der Waals surface area contributed by atoms with Crippen molar-refractivity contribution in [2.24, 2.45) is 0 Å². The van der Waals surface area contributed by atoms with Gasteiger partial charge in [-0.1, -0.05) is 61.9 Å². The van der Waals surface area contributed by atoms with E-state index in [1.807, 2.05) is 31.2 Å². The van der Waals surface area contributed by atoms with Crippen molar-refractivity contribution in [1.29, 1.82) is 0 Å². The SMILES string of the molecule is CCc1ccc(CC)c(CNC(=O)CN(Cc2ccc(C)cc2)S(C)(=O)=O)c1. The van der Waals surface area contributed by atoms with Crippen LogP contribution in [0.1, 0.15) is 41.7 Å². The predicted octanol–water partition coefficient (Wildman–Crippen LogP) is 3.20. The highest BCUT2D eigenvalue weighted by Crippen LogP contribution is 2.14. The summed E-state index contributed by atoms with van der Waals surface area (Å²) in [5, 5.41) is 2.88. The summed E-state index contributed by atoms with van der Waals surface area (Å²) in [5.74, 6) is -0.304. The number of hydrogen-bond acceptors (Lipinski definition) is 3. The molecule has 0 aliphatic rings. The first kappa shape index (κ1) is 22.1. The molecule has 2 aromatic carbocycles. The van der Waals surface area contributed by atoms with Crippen molar-refractivity contribution >= 4 is 15.9 Å². The van der Waals surface area contributed by atoms with Crippen molar-refractivity contribution in [3.8, 4) is 0 Å². The third kappa shape index (κ3) is 6.46. The molecule has 5 nitrogen and oxygen atoms in total. The van der Waals surface area contributed by atoms with Crippen LogP contribution in [-0.2, 0) is 40.7 Å². The number of aryl methyl sites for hydroxylation is 3. The van der Waals surface area contributed by atoms with Gasteiger partial charge in [-0.2, -0.15) is 4.31 Å². The average Bonchev–Trinajstić information content (AvgIpc) is 2.66. The molecule has 6 heteroatoms. The molecule has 0 aliphatic carbocycles. The molecule has 0 bridgehead atoms. The molecule has 0 aromatic heterocycles. The van der Waals surface area contributed by atoms with Crippen molar-refractivity contribution in [3.63, 3.8) is 0 Å². The molecular weight excluding hydrogens is 372 g/mol. The number of amides is 1. The standard InChI is InChI=1S/C22H30N2O3S/c1-5-18-11-12-20(6-2)21(13-18)14-23-22(25)16-24(28(4,26)27)15-19-9-7-17(3)8-10-19/h7-13H,5-6,14-16H2,1-4H3,(H,23,25).